The molecule has 1 aliphatic rings. The molecule has 1 saturated heterocycles. The number of carbonyl (C=O) groups is 1. The molecule has 186 valence electrons. The fourth-order valence-corrected chi connectivity index (χ4v) is 5.21. The van der Waals surface area contributed by atoms with Crippen LogP contribution in [0.4, 0.5) is 5.82 Å². The van der Waals surface area contributed by atoms with Crippen LogP contribution in [0.5, 0.6) is 5.88 Å². The lowest BCUT2D eigenvalue weighted by molar-refractivity contribution is 0.0981. The van der Waals surface area contributed by atoms with Crippen molar-refractivity contribution in [1.29, 1.82) is 0 Å². The third-order valence-electron chi connectivity index (χ3n) is 5.67. The minimum absolute atomic E-state index is 0.0111. The number of amides is 1. The quantitative estimate of drug-likeness (QED) is 0.508. The number of ether oxygens (including phenoxy) is 1. The van der Waals surface area contributed by atoms with Crippen molar-refractivity contribution in [2.24, 2.45) is 11.8 Å². The molecular formula is C24H30N6O4S. The van der Waals surface area contributed by atoms with Gasteiger partial charge < -0.3 is 9.64 Å². The van der Waals surface area contributed by atoms with Crippen LogP contribution in [-0.2, 0) is 10.0 Å². The third-order valence-corrected chi connectivity index (χ3v) is 6.93. The maximum Gasteiger partial charge on any atom is 0.281 e. The number of pyridine rings is 2. The highest BCUT2D eigenvalue weighted by molar-refractivity contribution is 7.90. The summed E-state index contributed by atoms with van der Waals surface area (Å²) in [4.78, 5) is 24.4. The van der Waals surface area contributed by atoms with Gasteiger partial charge in [-0.1, -0.05) is 13.8 Å². The first-order valence-corrected chi connectivity index (χ1v) is 13.1. The minimum Gasteiger partial charge on any atom is -0.475 e. The van der Waals surface area contributed by atoms with Gasteiger partial charge in [0, 0.05) is 30.9 Å². The van der Waals surface area contributed by atoms with Crippen LogP contribution in [-0.4, -0.2) is 53.7 Å². The first kappa shape index (κ1) is 24.6. The number of hydrogen-bond donors (Lipinski definition) is 2. The van der Waals surface area contributed by atoms with E-state index in [9.17, 15) is 13.2 Å². The van der Waals surface area contributed by atoms with E-state index in [4.69, 9.17) is 9.72 Å². The Balaban J connectivity index is 1.70. The monoisotopic (exact) mass is 498 g/mol. The van der Waals surface area contributed by atoms with Crippen molar-refractivity contribution in [2.45, 2.75) is 45.2 Å². The highest BCUT2D eigenvalue weighted by Crippen LogP contribution is 2.30. The van der Waals surface area contributed by atoms with Crippen LogP contribution in [0.25, 0.3) is 11.3 Å². The van der Waals surface area contributed by atoms with E-state index in [1.807, 2.05) is 19.9 Å². The van der Waals surface area contributed by atoms with Crippen molar-refractivity contribution >= 4 is 21.7 Å². The van der Waals surface area contributed by atoms with Crippen molar-refractivity contribution in [3.8, 4) is 17.1 Å². The van der Waals surface area contributed by atoms with Crippen LogP contribution >= 0.6 is 0 Å². The van der Waals surface area contributed by atoms with Crippen LogP contribution in [0.3, 0.4) is 0 Å². The van der Waals surface area contributed by atoms with Crippen LogP contribution in [0.2, 0.25) is 0 Å². The number of aromatic amines is 1. The lowest BCUT2D eigenvalue weighted by atomic mass is 9.91. The molecule has 0 radical (unpaired) electrons. The highest BCUT2D eigenvalue weighted by Gasteiger charge is 2.29. The minimum atomic E-state index is -4.10. The largest absolute Gasteiger partial charge is 0.475 e. The van der Waals surface area contributed by atoms with Gasteiger partial charge in [0.25, 0.3) is 15.9 Å². The van der Waals surface area contributed by atoms with Crippen molar-refractivity contribution in [1.82, 2.24) is 24.9 Å². The second-order valence-corrected chi connectivity index (χ2v) is 11.0. The summed E-state index contributed by atoms with van der Waals surface area (Å²) in [7, 11) is -4.10. The van der Waals surface area contributed by atoms with E-state index in [2.05, 4.69) is 38.7 Å². The predicted octanol–water partition coefficient (Wildman–Crippen LogP) is 3.25. The van der Waals surface area contributed by atoms with E-state index < -0.39 is 15.9 Å². The second kappa shape index (κ2) is 10.0. The molecule has 35 heavy (non-hydrogen) atoms. The summed E-state index contributed by atoms with van der Waals surface area (Å²) >= 11 is 0. The zero-order valence-electron chi connectivity index (χ0n) is 20.2. The van der Waals surface area contributed by atoms with Gasteiger partial charge in [-0.3, -0.25) is 9.89 Å². The molecule has 0 unspecified atom stereocenters. The number of anilines is 1. The molecule has 4 rings (SSSR count). The maximum atomic E-state index is 13.2. The van der Waals surface area contributed by atoms with Gasteiger partial charge >= 0.3 is 0 Å². The molecule has 3 aromatic heterocycles. The van der Waals surface area contributed by atoms with Gasteiger partial charge in [-0.15, -0.1) is 0 Å². The number of piperidine rings is 1. The highest BCUT2D eigenvalue weighted by atomic mass is 32.2. The van der Waals surface area contributed by atoms with Gasteiger partial charge in [-0.05, 0) is 56.4 Å². The Bertz CT molecular complexity index is 1270. The normalized spacial score (nSPS) is 18.5. The first-order chi connectivity index (χ1) is 16.6. The lowest BCUT2D eigenvalue weighted by Gasteiger charge is -2.36. The summed E-state index contributed by atoms with van der Waals surface area (Å²) in [6.45, 7) is 9.61. The SMILES string of the molecule is CC(C)Oc1ccc(-c2ccc(C(=O)NS(=O)(=O)c3ccn[nH]3)c(N3C[C@H](C)C[C@@H](C)C3)n2)cn1. The van der Waals surface area contributed by atoms with Crippen LogP contribution in [0.15, 0.2) is 47.8 Å². The Morgan fingerprint density at radius 2 is 1.89 bits per heavy atom. The molecule has 2 N–H and O–H groups in total. The molecule has 0 spiro atoms. The van der Waals surface area contributed by atoms with Crippen LogP contribution in [0.1, 0.15) is 44.5 Å². The molecular weight excluding hydrogens is 468 g/mol. The molecule has 0 aromatic carbocycles. The standard InChI is InChI=1S/C24H30N6O4S/c1-15(2)34-21-8-5-18(12-25-21)20-7-6-19(23(27-20)30-13-16(3)11-17(4)14-30)24(31)29-35(32,33)22-9-10-26-28-22/h5-10,12,15-17H,11,13-14H2,1-4H3,(H,26,28)(H,29,31)/t16-,17-/m1/s1. The molecule has 1 amide bonds. The van der Waals surface area contributed by atoms with E-state index in [-0.39, 0.29) is 16.7 Å². The Hall–Kier alpha value is -3.47. The Morgan fingerprint density at radius 1 is 1.14 bits per heavy atom. The zero-order valence-corrected chi connectivity index (χ0v) is 21.0. The van der Waals surface area contributed by atoms with E-state index >= 15 is 0 Å². The fraction of sp³-hybridized carbons (Fsp3) is 0.417. The second-order valence-electron chi connectivity index (χ2n) is 9.33. The average Bonchev–Trinajstić information content (AvgIpc) is 3.34. The van der Waals surface area contributed by atoms with Gasteiger partial charge in [0.15, 0.2) is 5.03 Å². The molecule has 1 aliphatic heterocycles. The summed E-state index contributed by atoms with van der Waals surface area (Å²) < 4.78 is 33.0. The predicted molar refractivity (Wildman–Crippen MR) is 132 cm³/mol. The fourth-order valence-electron chi connectivity index (χ4n) is 4.33. The number of nitrogens with one attached hydrogen (secondary N) is 2. The number of H-pyrrole nitrogens is 1. The molecule has 0 aliphatic carbocycles. The van der Waals surface area contributed by atoms with Gasteiger partial charge in [-0.2, -0.15) is 13.5 Å². The lowest BCUT2D eigenvalue weighted by Crippen LogP contribution is -2.41. The number of hydrogen-bond acceptors (Lipinski definition) is 8. The molecule has 10 nitrogen and oxygen atoms in total. The maximum absolute atomic E-state index is 13.2. The van der Waals surface area contributed by atoms with Crippen molar-refractivity contribution in [3.05, 3.63) is 48.3 Å². The number of carbonyl (C=O) groups excluding carboxylic acids is 1. The van der Waals surface area contributed by atoms with Gasteiger partial charge in [0.2, 0.25) is 5.88 Å². The molecule has 1 fully saturated rings. The van der Waals surface area contributed by atoms with Crippen molar-refractivity contribution < 1.29 is 17.9 Å². The molecule has 4 heterocycles. The number of aromatic nitrogens is 4. The Labute approximate surface area is 205 Å². The van der Waals surface area contributed by atoms with Gasteiger partial charge in [0.05, 0.1) is 23.6 Å². The number of nitrogens with zero attached hydrogens (tertiary/aromatic N) is 4. The van der Waals surface area contributed by atoms with E-state index in [1.165, 1.54) is 12.3 Å². The van der Waals surface area contributed by atoms with E-state index in [1.54, 1.807) is 24.4 Å². The van der Waals surface area contributed by atoms with E-state index in [0.717, 1.165) is 12.0 Å². The Kier molecular flexibility index (Phi) is 7.06. The smallest absolute Gasteiger partial charge is 0.281 e. The molecule has 2 atom stereocenters. The summed E-state index contributed by atoms with van der Waals surface area (Å²) in [6, 6.07) is 8.22. The summed E-state index contributed by atoms with van der Waals surface area (Å²) in [6.07, 6.45) is 4.07. The first-order valence-electron chi connectivity index (χ1n) is 11.6. The van der Waals surface area contributed by atoms with Crippen LogP contribution < -0.4 is 14.4 Å². The molecule has 3 aromatic rings. The van der Waals surface area contributed by atoms with Crippen molar-refractivity contribution in [3.63, 3.8) is 0 Å². The van der Waals surface area contributed by atoms with E-state index in [0.29, 0.717) is 42.3 Å². The summed E-state index contributed by atoms with van der Waals surface area (Å²) in [5.74, 6) is 1.02. The van der Waals surface area contributed by atoms with Crippen LogP contribution in [0, 0.1) is 11.8 Å². The Morgan fingerprint density at radius 3 is 2.49 bits per heavy atom. The number of sulfonamides is 1. The molecule has 0 bridgehead atoms. The third kappa shape index (κ3) is 5.79. The summed E-state index contributed by atoms with van der Waals surface area (Å²) in [5, 5.41) is 5.84. The molecule has 0 saturated carbocycles. The zero-order chi connectivity index (χ0) is 25.2. The van der Waals surface area contributed by atoms with Gasteiger partial charge in [0.1, 0.15) is 5.82 Å². The summed E-state index contributed by atoms with van der Waals surface area (Å²) in [5.41, 5.74) is 1.57. The van der Waals surface area contributed by atoms with Crippen molar-refractivity contribution in [2.75, 3.05) is 18.0 Å². The molecule has 11 heteroatoms. The van der Waals surface area contributed by atoms with Gasteiger partial charge in [-0.25, -0.2) is 14.7 Å². The topological polar surface area (TPSA) is 130 Å². The average molecular weight is 499 g/mol. The number of rotatable bonds is 7.